The molecule has 0 aliphatic heterocycles. The number of hydrogen-bond donors (Lipinski definition) is 2. The first-order valence-corrected chi connectivity index (χ1v) is 5.63. The molecule has 0 unspecified atom stereocenters. The second-order valence-corrected chi connectivity index (χ2v) is 3.74. The fourth-order valence-corrected chi connectivity index (χ4v) is 1.68. The van der Waals surface area contributed by atoms with E-state index in [1.54, 1.807) is 30.5 Å². The summed E-state index contributed by atoms with van der Waals surface area (Å²) in [5, 5.41) is 6.97. The van der Waals surface area contributed by atoms with E-state index in [4.69, 9.17) is 0 Å². The smallest absolute Gasteiger partial charge is 0.320 e. The maximum Gasteiger partial charge on any atom is 0.320 e. The molecule has 0 spiro atoms. The SMILES string of the molecule is CCNC(=O)Nc1nccc2cc(C=O)ccc12. The number of aldehydes is 1. The molecule has 0 aliphatic rings. The van der Waals surface area contributed by atoms with Gasteiger partial charge in [0.05, 0.1) is 0 Å². The monoisotopic (exact) mass is 243 g/mol. The first-order chi connectivity index (χ1) is 8.74. The van der Waals surface area contributed by atoms with Crippen LogP contribution in [0.2, 0.25) is 0 Å². The number of aromatic nitrogens is 1. The van der Waals surface area contributed by atoms with Crippen molar-refractivity contribution >= 4 is 28.9 Å². The number of nitrogens with one attached hydrogen (secondary N) is 2. The lowest BCUT2D eigenvalue weighted by Crippen LogP contribution is -2.28. The van der Waals surface area contributed by atoms with Gasteiger partial charge in [0.1, 0.15) is 12.1 Å². The molecule has 0 saturated carbocycles. The summed E-state index contributed by atoms with van der Waals surface area (Å²) in [7, 11) is 0. The summed E-state index contributed by atoms with van der Waals surface area (Å²) >= 11 is 0. The Morgan fingerprint density at radius 3 is 2.94 bits per heavy atom. The summed E-state index contributed by atoms with van der Waals surface area (Å²) in [6.07, 6.45) is 2.38. The molecule has 2 rings (SSSR count). The Balaban J connectivity index is 2.39. The zero-order valence-corrected chi connectivity index (χ0v) is 9.93. The highest BCUT2D eigenvalue weighted by molar-refractivity contribution is 6.01. The maximum atomic E-state index is 11.5. The van der Waals surface area contributed by atoms with Gasteiger partial charge in [-0.3, -0.25) is 10.1 Å². The second-order valence-electron chi connectivity index (χ2n) is 3.74. The molecule has 18 heavy (non-hydrogen) atoms. The van der Waals surface area contributed by atoms with Gasteiger partial charge >= 0.3 is 6.03 Å². The van der Waals surface area contributed by atoms with Crippen molar-refractivity contribution in [3.05, 3.63) is 36.0 Å². The molecule has 92 valence electrons. The molecule has 0 saturated heterocycles. The highest BCUT2D eigenvalue weighted by atomic mass is 16.2. The van der Waals surface area contributed by atoms with Crippen LogP contribution in [0.15, 0.2) is 30.5 Å². The van der Waals surface area contributed by atoms with Gasteiger partial charge in [0.2, 0.25) is 0 Å². The number of carbonyl (C=O) groups excluding carboxylic acids is 2. The summed E-state index contributed by atoms with van der Waals surface area (Å²) in [6.45, 7) is 2.39. The summed E-state index contributed by atoms with van der Waals surface area (Å²) in [4.78, 5) is 26.3. The van der Waals surface area contributed by atoms with Crippen molar-refractivity contribution in [3.8, 4) is 0 Å². The van der Waals surface area contributed by atoms with Gasteiger partial charge in [-0.05, 0) is 30.5 Å². The summed E-state index contributed by atoms with van der Waals surface area (Å²) < 4.78 is 0. The van der Waals surface area contributed by atoms with Gasteiger partial charge in [0.15, 0.2) is 0 Å². The standard InChI is InChI=1S/C13H13N3O2/c1-2-14-13(18)16-12-11-4-3-9(8-17)7-10(11)5-6-15-12/h3-8H,2H2,1H3,(H2,14,15,16,18). The highest BCUT2D eigenvalue weighted by Gasteiger charge is 2.06. The molecule has 0 radical (unpaired) electrons. The Morgan fingerprint density at radius 2 is 2.22 bits per heavy atom. The van der Waals surface area contributed by atoms with E-state index in [0.717, 1.165) is 17.1 Å². The fraction of sp³-hybridized carbons (Fsp3) is 0.154. The largest absolute Gasteiger partial charge is 0.338 e. The molecule has 1 heterocycles. The van der Waals surface area contributed by atoms with Crippen LogP contribution in [-0.4, -0.2) is 23.8 Å². The van der Waals surface area contributed by atoms with Crippen molar-refractivity contribution in [2.24, 2.45) is 0 Å². The molecule has 5 heteroatoms. The third-order valence-electron chi connectivity index (χ3n) is 2.49. The molecule has 0 bridgehead atoms. The number of rotatable bonds is 3. The number of fused-ring (bicyclic) bond motifs is 1. The minimum Gasteiger partial charge on any atom is -0.338 e. The third-order valence-corrected chi connectivity index (χ3v) is 2.49. The van der Waals surface area contributed by atoms with Crippen LogP contribution in [0.1, 0.15) is 17.3 Å². The number of nitrogens with zero attached hydrogens (tertiary/aromatic N) is 1. The number of anilines is 1. The number of benzene rings is 1. The van der Waals surface area contributed by atoms with E-state index < -0.39 is 0 Å². The molecule has 0 aliphatic carbocycles. The number of hydrogen-bond acceptors (Lipinski definition) is 3. The van der Waals surface area contributed by atoms with Gasteiger partial charge < -0.3 is 5.32 Å². The van der Waals surface area contributed by atoms with Crippen LogP contribution in [0.3, 0.4) is 0 Å². The first kappa shape index (κ1) is 12.0. The van der Waals surface area contributed by atoms with E-state index in [2.05, 4.69) is 15.6 Å². The van der Waals surface area contributed by atoms with E-state index in [1.165, 1.54) is 0 Å². The van der Waals surface area contributed by atoms with Crippen LogP contribution >= 0.6 is 0 Å². The molecule has 0 fully saturated rings. The Labute approximate surface area is 104 Å². The van der Waals surface area contributed by atoms with Gasteiger partial charge in [-0.2, -0.15) is 0 Å². The van der Waals surface area contributed by atoms with Crippen LogP contribution in [0.5, 0.6) is 0 Å². The molecule has 5 nitrogen and oxygen atoms in total. The summed E-state index contributed by atoms with van der Waals surface area (Å²) in [5.41, 5.74) is 0.595. The molecular formula is C13H13N3O2. The third kappa shape index (κ3) is 2.45. The minimum atomic E-state index is -0.294. The lowest BCUT2D eigenvalue weighted by atomic mass is 10.1. The average molecular weight is 243 g/mol. The molecule has 2 N–H and O–H groups in total. The van der Waals surface area contributed by atoms with Crippen molar-refractivity contribution in [1.29, 1.82) is 0 Å². The lowest BCUT2D eigenvalue weighted by molar-refractivity contribution is 0.112. The molecule has 0 atom stereocenters. The predicted octanol–water partition coefficient (Wildman–Crippen LogP) is 2.19. The van der Waals surface area contributed by atoms with Crippen molar-refractivity contribution in [2.75, 3.05) is 11.9 Å². The van der Waals surface area contributed by atoms with E-state index >= 15 is 0 Å². The van der Waals surface area contributed by atoms with E-state index in [9.17, 15) is 9.59 Å². The Bertz CT molecular complexity index is 596. The van der Waals surface area contributed by atoms with E-state index in [-0.39, 0.29) is 6.03 Å². The Kier molecular flexibility index (Phi) is 3.52. The van der Waals surface area contributed by atoms with Gasteiger partial charge in [-0.15, -0.1) is 0 Å². The molecule has 1 aromatic heterocycles. The quantitative estimate of drug-likeness (QED) is 0.812. The van der Waals surface area contributed by atoms with Gasteiger partial charge in [-0.25, -0.2) is 9.78 Å². The van der Waals surface area contributed by atoms with Crippen LogP contribution in [0.25, 0.3) is 10.8 Å². The van der Waals surface area contributed by atoms with Crippen LogP contribution in [0, 0.1) is 0 Å². The zero-order valence-electron chi connectivity index (χ0n) is 9.93. The Hall–Kier alpha value is -2.43. The zero-order chi connectivity index (χ0) is 13.0. The first-order valence-electron chi connectivity index (χ1n) is 5.63. The topological polar surface area (TPSA) is 71.1 Å². The van der Waals surface area contributed by atoms with Crippen molar-refractivity contribution in [1.82, 2.24) is 10.3 Å². The molecule has 2 aromatic rings. The van der Waals surface area contributed by atoms with E-state index in [1.807, 2.05) is 6.92 Å². The van der Waals surface area contributed by atoms with Crippen LogP contribution < -0.4 is 10.6 Å². The number of pyridine rings is 1. The molecular weight excluding hydrogens is 230 g/mol. The molecule has 2 amide bonds. The van der Waals surface area contributed by atoms with E-state index in [0.29, 0.717) is 17.9 Å². The van der Waals surface area contributed by atoms with Crippen LogP contribution in [0.4, 0.5) is 10.6 Å². The Morgan fingerprint density at radius 1 is 1.39 bits per heavy atom. The van der Waals surface area contributed by atoms with Gasteiger partial charge in [-0.1, -0.05) is 6.07 Å². The fourth-order valence-electron chi connectivity index (χ4n) is 1.68. The van der Waals surface area contributed by atoms with Crippen LogP contribution in [-0.2, 0) is 0 Å². The second kappa shape index (κ2) is 5.27. The van der Waals surface area contributed by atoms with Gasteiger partial charge in [0.25, 0.3) is 0 Å². The highest BCUT2D eigenvalue weighted by Crippen LogP contribution is 2.21. The molecule has 1 aromatic carbocycles. The normalized spacial score (nSPS) is 10.1. The number of amides is 2. The number of urea groups is 1. The predicted molar refractivity (Wildman–Crippen MR) is 69.8 cm³/mol. The average Bonchev–Trinajstić information content (AvgIpc) is 2.38. The van der Waals surface area contributed by atoms with Gasteiger partial charge in [0, 0.05) is 23.7 Å². The maximum absolute atomic E-state index is 11.5. The minimum absolute atomic E-state index is 0.294. The van der Waals surface area contributed by atoms with Crippen molar-refractivity contribution in [2.45, 2.75) is 6.92 Å². The summed E-state index contributed by atoms with van der Waals surface area (Å²) in [6, 6.07) is 6.73. The lowest BCUT2D eigenvalue weighted by Gasteiger charge is -2.08. The van der Waals surface area contributed by atoms with Crippen molar-refractivity contribution in [3.63, 3.8) is 0 Å². The summed E-state index contributed by atoms with van der Waals surface area (Å²) in [5.74, 6) is 0.482. The van der Waals surface area contributed by atoms with Crippen molar-refractivity contribution < 1.29 is 9.59 Å². The number of carbonyl (C=O) groups is 2.